The third kappa shape index (κ3) is 11.6. The van der Waals surface area contributed by atoms with Crippen LogP contribution in [0.3, 0.4) is 0 Å². The summed E-state index contributed by atoms with van der Waals surface area (Å²) < 4.78 is 32.5. The molecule has 0 radical (unpaired) electrons. The molecule has 5 atom stereocenters. The van der Waals surface area contributed by atoms with Gasteiger partial charge in [-0.25, -0.2) is 4.79 Å². The molecular formula is C30H42N2O13. The van der Waals surface area contributed by atoms with Gasteiger partial charge < -0.3 is 44.2 Å². The predicted molar refractivity (Wildman–Crippen MR) is 155 cm³/mol. The normalized spacial score (nSPS) is 21.0. The molecule has 0 heterocycles. The number of aliphatic hydroxyl groups excluding tert-OH is 1. The number of alkyl carbamates (subject to hydrolysis) is 1. The first-order valence-electron chi connectivity index (χ1n) is 14.3. The van der Waals surface area contributed by atoms with E-state index in [4.69, 9.17) is 28.4 Å². The molecule has 1 saturated carbocycles. The van der Waals surface area contributed by atoms with Crippen LogP contribution in [0.2, 0.25) is 0 Å². The first kappa shape index (κ1) is 36.8. The second kappa shape index (κ2) is 16.6. The SMILES string of the molecule is COC(=O)[C@H]1C[C@@H](Oc2ccc(CO)cc2C(=O)NCCCNC(=O)OC(C)(C)C)[C@H](OC(C)=O)[C@@H](OC(C)=O)[C@@H]1OC(C)=O. The van der Waals surface area contributed by atoms with Gasteiger partial charge in [-0.2, -0.15) is 0 Å². The van der Waals surface area contributed by atoms with E-state index in [2.05, 4.69) is 10.6 Å². The van der Waals surface area contributed by atoms with Gasteiger partial charge in [0.15, 0.2) is 18.3 Å². The average molecular weight is 639 g/mol. The summed E-state index contributed by atoms with van der Waals surface area (Å²) in [6.07, 6.45) is -5.87. The fourth-order valence-electron chi connectivity index (χ4n) is 4.65. The van der Waals surface area contributed by atoms with Gasteiger partial charge in [-0.1, -0.05) is 6.07 Å². The smallest absolute Gasteiger partial charge is 0.407 e. The quantitative estimate of drug-likeness (QED) is 0.169. The summed E-state index contributed by atoms with van der Waals surface area (Å²) in [6, 6.07) is 4.32. The number of rotatable bonds is 12. The molecule has 0 spiro atoms. The Morgan fingerprint density at radius 3 is 2.00 bits per heavy atom. The fraction of sp³-hybridized carbons (Fsp3) is 0.600. The van der Waals surface area contributed by atoms with Crippen molar-refractivity contribution in [2.75, 3.05) is 20.2 Å². The summed E-state index contributed by atoms with van der Waals surface area (Å²) in [5, 5.41) is 15.0. The maximum Gasteiger partial charge on any atom is 0.407 e. The van der Waals surface area contributed by atoms with E-state index in [9.17, 15) is 33.9 Å². The van der Waals surface area contributed by atoms with Crippen molar-refractivity contribution in [3.63, 3.8) is 0 Å². The molecule has 3 N–H and O–H groups in total. The van der Waals surface area contributed by atoms with E-state index in [1.807, 2.05) is 0 Å². The van der Waals surface area contributed by atoms with Gasteiger partial charge in [0.2, 0.25) is 0 Å². The van der Waals surface area contributed by atoms with Crippen LogP contribution >= 0.6 is 0 Å². The highest BCUT2D eigenvalue weighted by atomic mass is 16.6. The van der Waals surface area contributed by atoms with Gasteiger partial charge in [-0.05, 0) is 44.9 Å². The largest absolute Gasteiger partial charge is 0.486 e. The van der Waals surface area contributed by atoms with Crippen LogP contribution in [-0.4, -0.2) is 91.2 Å². The molecule has 1 aromatic rings. The molecule has 1 aliphatic carbocycles. The Morgan fingerprint density at radius 2 is 1.44 bits per heavy atom. The van der Waals surface area contributed by atoms with Gasteiger partial charge in [0.05, 0.1) is 19.3 Å². The summed E-state index contributed by atoms with van der Waals surface area (Å²) in [6.45, 7) is 8.50. The minimum absolute atomic E-state index is 0.00369. The van der Waals surface area contributed by atoms with E-state index in [0.717, 1.165) is 27.9 Å². The molecule has 0 bridgehead atoms. The zero-order valence-electron chi connectivity index (χ0n) is 26.5. The summed E-state index contributed by atoms with van der Waals surface area (Å²) in [5.41, 5.74) is -0.265. The molecule has 0 aliphatic heterocycles. The van der Waals surface area contributed by atoms with Crippen LogP contribution < -0.4 is 15.4 Å². The molecule has 0 saturated heterocycles. The van der Waals surface area contributed by atoms with Crippen LogP contribution in [0.4, 0.5) is 4.79 Å². The van der Waals surface area contributed by atoms with E-state index >= 15 is 0 Å². The zero-order valence-corrected chi connectivity index (χ0v) is 26.5. The third-order valence-corrected chi connectivity index (χ3v) is 6.36. The lowest BCUT2D eigenvalue weighted by Gasteiger charge is -2.43. The van der Waals surface area contributed by atoms with Gasteiger partial charge in [0, 0.05) is 40.3 Å². The summed E-state index contributed by atoms with van der Waals surface area (Å²) in [7, 11) is 1.13. The Labute approximate surface area is 261 Å². The lowest BCUT2D eigenvalue weighted by atomic mass is 9.80. The standard InChI is InChI=1S/C30H42N2O13/c1-16(34)41-24-21(28(38)40-7)14-23(25(42-17(2)35)26(24)43-18(3)36)44-22-10-9-19(15-33)13-20(22)27(37)31-11-8-12-32-29(39)45-30(4,5)6/h9-10,13,21,23-26,33H,8,11-12,14-15H2,1-7H3,(H,31,37)(H,32,39)/t21-,23+,24+,25-,26-/m0/s1. The number of hydrogen-bond donors (Lipinski definition) is 3. The molecule has 1 aliphatic rings. The van der Waals surface area contributed by atoms with Crippen molar-refractivity contribution in [1.29, 1.82) is 0 Å². The number of methoxy groups -OCH3 is 1. The molecule has 2 amide bonds. The van der Waals surface area contributed by atoms with Crippen molar-refractivity contribution in [1.82, 2.24) is 10.6 Å². The number of carbonyl (C=O) groups is 6. The van der Waals surface area contributed by atoms with Crippen LogP contribution in [-0.2, 0) is 49.5 Å². The average Bonchev–Trinajstić information content (AvgIpc) is 2.93. The molecule has 0 aromatic heterocycles. The van der Waals surface area contributed by atoms with E-state index < -0.39 is 71.8 Å². The second-order valence-corrected chi connectivity index (χ2v) is 11.3. The van der Waals surface area contributed by atoms with Gasteiger partial charge in [0.1, 0.15) is 23.4 Å². The second-order valence-electron chi connectivity index (χ2n) is 11.3. The number of nitrogens with one attached hydrogen (secondary N) is 2. The molecule has 0 unspecified atom stereocenters. The first-order chi connectivity index (χ1) is 21.1. The Balaban J connectivity index is 2.36. The van der Waals surface area contributed by atoms with E-state index in [1.54, 1.807) is 20.8 Å². The summed E-state index contributed by atoms with van der Waals surface area (Å²) in [4.78, 5) is 74.1. The van der Waals surface area contributed by atoms with Crippen molar-refractivity contribution >= 4 is 35.9 Å². The molecule has 45 heavy (non-hydrogen) atoms. The monoisotopic (exact) mass is 638 g/mol. The number of esters is 4. The van der Waals surface area contributed by atoms with Crippen molar-refractivity contribution in [2.24, 2.45) is 5.92 Å². The van der Waals surface area contributed by atoms with E-state index in [1.165, 1.54) is 18.2 Å². The van der Waals surface area contributed by atoms with E-state index in [-0.39, 0.29) is 37.4 Å². The Bertz CT molecular complexity index is 1240. The number of aliphatic hydroxyl groups is 1. The minimum atomic E-state index is -1.47. The number of benzene rings is 1. The van der Waals surface area contributed by atoms with Gasteiger partial charge in [-0.3, -0.25) is 24.0 Å². The first-order valence-corrected chi connectivity index (χ1v) is 14.3. The number of carbonyl (C=O) groups excluding carboxylic acids is 6. The highest BCUT2D eigenvalue weighted by Crippen LogP contribution is 2.36. The van der Waals surface area contributed by atoms with E-state index in [0.29, 0.717) is 12.0 Å². The predicted octanol–water partition coefficient (Wildman–Crippen LogP) is 1.56. The summed E-state index contributed by atoms with van der Waals surface area (Å²) >= 11 is 0. The molecule has 15 nitrogen and oxygen atoms in total. The van der Waals surface area contributed by atoms with Gasteiger partial charge in [0.25, 0.3) is 5.91 Å². The molecule has 250 valence electrons. The van der Waals surface area contributed by atoms with Crippen molar-refractivity contribution < 1.29 is 62.3 Å². The fourth-order valence-corrected chi connectivity index (χ4v) is 4.65. The lowest BCUT2D eigenvalue weighted by Crippen LogP contribution is -2.61. The number of amides is 2. The zero-order chi connectivity index (χ0) is 33.9. The number of hydrogen-bond acceptors (Lipinski definition) is 13. The minimum Gasteiger partial charge on any atom is -0.486 e. The van der Waals surface area contributed by atoms with Crippen LogP contribution in [0.25, 0.3) is 0 Å². The van der Waals surface area contributed by atoms with Gasteiger partial charge in [-0.15, -0.1) is 0 Å². The maximum atomic E-state index is 13.3. The molecule has 1 aromatic carbocycles. The molecule has 2 rings (SSSR count). The highest BCUT2D eigenvalue weighted by molar-refractivity contribution is 5.97. The van der Waals surface area contributed by atoms with Crippen LogP contribution in [0.1, 0.15) is 70.3 Å². The number of ether oxygens (including phenoxy) is 6. The van der Waals surface area contributed by atoms with Crippen LogP contribution in [0.15, 0.2) is 18.2 Å². The molecule has 1 fully saturated rings. The van der Waals surface area contributed by atoms with Crippen molar-refractivity contribution in [3.05, 3.63) is 29.3 Å². The van der Waals surface area contributed by atoms with Crippen LogP contribution in [0.5, 0.6) is 5.75 Å². The lowest BCUT2D eigenvalue weighted by molar-refractivity contribution is -0.213. The van der Waals surface area contributed by atoms with Crippen molar-refractivity contribution in [2.45, 2.75) is 91.0 Å². The summed E-state index contributed by atoms with van der Waals surface area (Å²) in [5.74, 6) is -4.98. The van der Waals surface area contributed by atoms with Gasteiger partial charge >= 0.3 is 30.0 Å². The topological polar surface area (TPSA) is 202 Å². The maximum absolute atomic E-state index is 13.3. The Hall–Kier alpha value is -4.40. The van der Waals surface area contributed by atoms with Crippen LogP contribution in [0, 0.1) is 5.92 Å². The molecule has 15 heteroatoms. The molecular weight excluding hydrogens is 596 g/mol. The Kier molecular flexibility index (Phi) is 13.6. The van der Waals surface area contributed by atoms with Crippen molar-refractivity contribution in [3.8, 4) is 5.75 Å². The Morgan fingerprint density at radius 1 is 0.867 bits per heavy atom. The third-order valence-electron chi connectivity index (χ3n) is 6.36. The highest BCUT2D eigenvalue weighted by Gasteiger charge is 2.54.